The number of aromatic nitrogens is 2. The Balaban J connectivity index is 1.63. The van der Waals surface area contributed by atoms with Crippen molar-refractivity contribution in [2.75, 3.05) is 6.54 Å². The van der Waals surface area contributed by atoms with Crippen LogP contribution in [-0.4, -0.2) is 27.5 Å². The van der Waals surface area contributed by atoms with Crippen LogP contribution in [0.15, 0.2) is 12.4 Å². The summed E-state index contributed by atoms with van der Waals surface area (Å²) in [6, 6.07) is 0.352. The first-order valence-electron chi connectivity index (χ1n) is 7.57. The van der Waals surface area contributed by atoms with Crippen LogP contribution in [0.5, 0.6) is 0 Å². The van der Waals surface area contributed by atoms with E-state index in [1.807, 2.05) is 17.9 Å². The second-order valence-corrected chi connectivity index (χ2v) is 5.88. The molecule has 0 bridgehead atoms. The van der Waals surface area contributed by atoms with Gasteiger partial charge in [0, 0.05) is 24.8 Å². The first kappa shape index (κ1) is 14.5. The molecule has 1 aliphatic carbocycles. The van der Waals surface area contributed by atoms with Gasteiger partial charge >= 0.3 is 0 Å². The van der Waals surface area contributed by atoms with E-state index in [0.29, 0.717) is 12.0 Å². The largest absolute Gasteiger partial charge is 0.393 e. The minimum atomic E-state index is -0.0514. The molecular weight excluding hydrogens is 238 g/mol. The predicted octanol–water partition coefficient (Wildman–Crippen LogP) is 2.40. The number of hydrogen-bond donors (Lipinski definition) is 2. The van der Waals surface area contributed by atoms with Gasteiger partial charge in [-0.1, -0.05) is 12.8 Å². The maximum absolute atomic E-state index is 9.93. The van der Waals surface area contributed by atoms with Crippen molar-refractivity contribution in [2.45, 2.75) is 57.6 Å². The lowest BCUT2D eigenvalue weighted by molar-refractivity contribution is 0.0642. The van der Waals surface area contributed by atoms with Gasteiger partial charge in [0.25, 0.3) is 0 Å². The lowest BCUT2D eigenvalue weighted by Crippen LogP contribution is -2.26. The number of aryl methyl sites for hydroxylation is 1. The first-order valence-corrected chi connectivity index (χ1v) is 7.57. The highest BCUT2D eigenvalue weighted by Crippen LogP contribution is 2.27. The zero-order valence-electron chi connectivity index (χ0n) is 12.2. The van der Waals surface area contributed by atoms with Crippen molar-refractivity contribution < 1.29 is 5.11 Å². The third-order valence-corrected chi connectivity index (χ3v) is 4.30. The molecule has 1 heterocycles. The monoisotopic (exact) mass is 265 g/mol. The Hall–Kier alpha value is -0.870. The maximum atomic E-state index is 9.93. The van der Waals surface area contributed by atoms with E-state index in [1.54, 1.807) is 0 Å². The molecule has 1 saturated carbocycles. The molecule has 0 radical (unpaired) electrons. The van der Waals surface area contributed by atoms with Crippen molar-refractivity contribution in [3.8, 4) is 0 Å². The Morgan fingerprint density at radius 2 is 2.26 bits per heavy atom. The van der Waals surface area contributed by atoms with E-state index in [9.17, 15) is 5.11 Å². The summed E-state index contributed by atoms with van der Waals surface area (Å²) < 4.78 is 1.84. The van der Waals surface area contributed by atoms with Gasteiger partial charge in [-0.3, -0.25) is 4.68 Å². The highest BCUT2D eigenvalue weighted by molar-refractivity contribution is 5.08. The molecule has 1 aliphatic rings. The van der Waals surface area contributed by atoms with Gasteiger partial charge in [-0.15, -0.1) is 0 Å². The molecule has 2 N–H and O–H groups in total. The Morgan fingerprint density at radius 1 is 1.47 bits per heavy atom. The van der Waals surface area contributed by atoms with Crippen molar-refractivity contribution >= 4 is 0 Å². The standard InChI is InChI=1S/C15H27N3O/c1-12(14-10-17-18(2)11-14)16-9-5-7-13-6-3-4-8-15(13)19/h10-13,15-16,19H,3-9H2,1-2H3. The lowest BCUT2D eigenvalue weighted by Gasteiger charge is -2.27. The zero-order chi connectivity index (χ0) is 13.7. The summed E-state index contributed by atoms with van der Waals surface area (Å²) >= 11 is 0. The summed E-state index contributed by atoms with van der Waals surface area (Å²) in [5.41, 5.74) is 1.24. The quantitative estimate of drug-likeness (QED) is 0.777. The van der Waals surface area contributed by atoms with E-state index in [2.05, 4.69) is 23.5 Å². The molecule has 0 aromatic carbocycles. The molecule has 0 saturated heterocycles. The smallest absolute Gasteiger partial charge is 0.0568 e. The summed E-state index contributed by atoms with van der Waals surface area (Å²) in [5, 5.41) is 17.7. The Bertz CT molecular complexity index is 377. The minimum Gasteiger partial charge on any atom is -0.393 e. The van der Waals surface area contributed by atoms with Crippen LogP contribution in [0.2, 0.25) is 0 Å². The summed E-state index contributed by atoms with van der Waals surface area (Å²) in [7, 11) is 1.95. The fraction of sp³-hybridized carbons (Fsp3) is 0.800. The van der Waals surface area contributed by atoms with Crippen molar-refractivity contribution in [2.24, 2.45) is 13.0 Å². The van der Waals surface area contributed by atoms with Gasteiger partial charge in [0.1, 0.15) is 0 Å². The maximum Gasteiger partial charge on any atom is 0.0568 e. The van der Waals surface area contributed by atoms with Crippen LogP contribution >= 0.6 is 0 Å². The molecule has 4 heteroatoms. The molecule has 1 fully saturated rings. The van der Waals surface area contributed by atoms with Crippen LogP contribution in [0.1, 0.15) is 57.1 Å². The number of rotatable bonds is 6. The average Bonchev–Trinajstić information content (AvgIpc) is 2.83. The number of nitrogens with zero attached hydrogens (tertiary/aromatic N) is 2. The van der Waals surface area contributed by atoms with E-state index in [-0.39, 0.29) is 6.10 Å². The number of aliphatic hydroxyl groups excluding tert-OH is 1. The fourth-order valence-electron chi connectivity index (χ4n) is 2.99. The van der Waals surface area contributed by atoms with Gasteiger partial charge < -0.3 is 10.4 Å². The normalized spacial score (nSPS) is 25.4. The summed E-state index contributed by atoms with van der Waals surface area (Å²) in [4.78, 5) is 0. The molecule has 1 aromatic heterocycles. The molecular formula is C15H27N3O. The van der Waals surface area contributed by atoms with Crippen LogP contribution in [-0.2, 0) is 7.05 Å². The van der Waals surface area contributed by atoms with Gasteiger partial charge in [-0.25, -0.2) is 0 Å². The molecule has 0 amide bonds. The van der Waals surface area contributed by atoms with Gasteiger partial charge in [-0.2, -0.15) is 5.10 Å². The van der Waals surface area contributed by atoms with Crippen LogP contribution in [0.3, 0.4) is 0 Å². The third-order valence-electron chi connectivity index (χ3n) is 4.30. The highest BCUT2D eigenvalue weighted by atomic mass is 16.3. The molecule has 3 unspecified atom stereocenters. The fourth-order valence-corrected chi connectivity index (χ4v) is 2.99. The molecule has 3 atom stereocenters. The predicted molar refractivity (Wildman–Crippen MR) is 76.8 cm³/mol. The molecule has 108 valence electrons. The minimum absolute atomic E-state index is 0.0514. The Morgan fingerprint density at radius 3 is 2.95 bits per heavy atom. The Labute approximate surface area is 116 Å². The van der Waals surface area contributed by atoms with Gasteiger partial charge in [0.15, 0.2) is 0 Å². The topological polar surface area (TPSA) is 50.1 Å². The second-order valence-electron chi connectivity index (χ2n) is 5.88. The van der Waals surface area contributed by atoms with E-state index >= 15 is 0 Å². The molecule has 19 heavy (non-hydrogen) atoms. The number of aliphatic hydroxyl groups is 1. The average molecular weight is 265 g/mol. The first-order chi connectivity index (χ1) is 9.16. The van der Waals surface area contributed by atoms with Crippen LogP contribution in [0.25, 0.3) is 0 Å². The van der Waals surface area contributed by atoms with Crippen LogP contribution < -0.4 is 5.32 Å². The van der Waals surface area contributed by atoms with E-state index in [4.69, 9.17) is 0 Å². The lowest BCUT2D eigenvalue weighted by atomic mass is 9.83. The van der Waals surface area contributed by atoms with E-state index < -0.39 is 0 Å². The van der Waals surface area contributed by atoms with Crippen molar-refractivity contribution in [3.63, 3.8) is 0 Å². The van der Waals surface area contributed by atoms with Gasteiger partial charge in [-0.05, 0) is 45.1 Å². The molecule has 4 nitrogen and oxygen atoms in total. The molecule has 0 aliphatic heterocycles. The summed E-state index contributed by atoms with van der Waals surface area (Å²) in [6.07, 6.45) is 10.9. The highest BCUT2D eigenvalue weighted by Gasteiger charge is 2.22. The summed E-state index contributed by atoms with van der Waals surface area (Å²) in [6.45, 7) is 3.19. The van der Waals surface area contributed by atoms with Crippen molar-refractivity contribution in [1.82, 2.24) is 15.1 Å². The number of nitrogens with one attached hydrogen (secondary N) is 1. The SMILES string of the molecule is CC(NCCCC1CCCCC1O)c1cnn(C)c1. The zero-order valence-corrected chi connectivity index (χ0v) is 12.2. The van der Waals surface area contributed by atoms with Gasteiger partial charge in [0.2, 0.25) is 0 Å². The van der Waals surface area contributed by atoms with Crippen LogP contribution in [0.4, 0.5) is 0 Å². The van der Waals surface area contributed by atoms with E-state index in [0.717, 1.165) is 25.8 Å². The summed E-state index contributed by atoms with van der Waals surface area (Å²) in [5.74, 6) is 0.532. The number of hydrogen-bond acceptors (Lipinski definition) is 3. The Kier molecular flexibility index (Phi) is 5.40. The molecule has 2 rings (SSSR count). The second kappa shape index (κ2) is 7.06. The van der Waals surface area contributed by atoms with Crippen molar-refractivity contribution in [3.05, 3.63) is 18.0 Å². The van der Waals surface area contributed by atoms with Crippen LogP contribution in [0, 0.1) is 5.92 Å². The van der Waals surface area contributed by atoms with E-state index in [1.165, 1.54) is 24.8 Å². The molecule has 1 aromatic rings. The van der Waals surface area contributed by atoms with Crippen molar-refractivity contribution in [1.29, 1.82) is 0 Å². The molecule has 0 spiro atoms. The third kappa shape index (κ3) is 4.32. The van der Waals surface area contributed by atoms with Gasteiger partial charge in [0.05, 0.1) is 12.3 Å².